The summed E-state index contributed by atoms with van der Waals surface area (Å²) in [6.45, 7) is 0. The van der Waals surface area contributed by atoms with Crippen molar-refractivity contribution >= 4 is 67.6 Å². The number of nitrogens with one attached hydrogen (secondary N) is 2. The Morgan fingerprint density at radius 2 is 2.04 bits per heavy atom. The second-order valence-electron chi connectivity index (χ2n) is 4.59. The molecule has 0 amide bonds. The fourth-order valence-corrected chi connectivity index (χ4v) is 3.07. The van der Waals surface area contributed by atoms with Crippen LogP contribution in [-0.4, -0.2) is 16.3 Å². The number of rotatable bonds is 3. The maximum absolute atomic E-state index is 13.8. The standard InChI is InChI=1S/C16H12BrFN2OS.HI/c1-22-16(19)11-8-9(2-3-12(11)18)21-14-5-4-13-10(15(14)17)6-7-20-13;/h2-8,19-20H,1H3;1H. The van der Waals surface area contributed by atoms with Crippen molar-refractivity contribution in [2.24, 2.45) is 0 Å². The molecule has 1 heterocycles. The maximum atomic E-state index is 13.8. The molecule has 0 radical (unpaired) electrons. The largest absolute Gasteiger partial charge is 0.456 e. The van der Waals surface area contributed by atoms with Gasteiger partial charge in [-0.3, -0.25) is 5.41 Å². The average Bonchev–Trinajstić information content (AvgIpc) is 3.00. The van der Waals surface area contributed by atoms with Crippen molar-refractivity contribution in [2.75, 3.05) is 6.26 Å². The summed E-state index contributed by atoms with van der Waals surface area (Å²) in [5, 5.41) is 8.96. The summed E-state index contributed by atoms with van der Waals surface area (Å²) in [6.07, 6.45) is 3.60. The Hall–Kier alpha value is -1.06. The van der Waals surface area contributed by atoms with Gasteiger partial charge in [0.25, 0.3) is 0 Å². The van der Waals surface area contributed by atoms with Crippen molar-refractivity contribution < 1.29 is 9.13 Å². The van der Waals surface area contributed by atoms with E-state index in [2.05, 4.69) is 20.9 Å². The minimum Gasteiger partial charge on any atom is -0.456 e. The molecule has 0 spiro atoms. The molecular formula is C16H13BrFIN2OS. The van der Waals surface area contributed by atoms with Gasteiger partial charge in [-0.1, -0.05) is 0 Å². The van der Waals surface area contributed by atoms with Gasteiger partial charge in [0.1, 0.15) is 17.3 Å². The molecule has 0 aliphatic rings. The van der Waals surface area contributed by atoms with Crippen LogP contribution in [-0.2, 0) is 0 Å². The van der Waals surface area contributed by atoms with Crippen molar-refractivity contribution in [3.05, 3.63) is 58.4 Å². The molecule has 0 unspecified atom stereocenters. The van der Waals surface area contributed by atoms with E-state index < -0.39 is 5.82 Å². The van der Waals surface area contributed by atoms with E-state index >= 15 is 0 Å². The molecule has 2 N–H and O–H groups in total. The molecule has 3 aromatic rings. The SMILES string of the molecule is CSC(=N)c1cc(Oc2ccc3[nH]ccc3c2Br)ccc1F.I. The predicted molar refractivity (Wildman–Crippen MR) is 108 cm³/mol. The molecule has 1 aromatic heterocycles. The molecule has 2 aromatic carbocycles. The van der Waals surface area contributed by atoms with Gasteiger partial charge in [-0.15, -0.1) is 35.7 Å². The van der Waals surface area contributed by atoms with E-state index in [0.717, 1.165) is 15.4 Å². The van der Waals surface area contributed by atoms with Gasteiger partial charge in [-0.05, 0) is 58.6 Å². The highest BCUT2D eigenvalue weighted by Crippen LogP contribution is 2.36. The van der Waals surface area contributed by atoms with Crippen LogP contribution >= 0.6 is 51.7 Å². The number of thioether (sulfide) groups is 1. The molecule has 120 valence electrons. The molecule has 23 heavy (non-hydrogen) atoms. The first-order valence-corrected chi connectivity index (χ1v) is 8.48. The number of benzene rings is 2. The third-order valence-corrected chi connectivity index (χ3v) is 4.69. The van der Waals surface area contributed by atoms with Crippen LogP contribution in [0.1, 0.15) is 5.56 Å². The first-order chi connectivity index (χ1) is 10.6. The summed E-state index contributed by atoms with van der Waals surface area (Å²) in [6, 6.07) is 10.1. The van der Waals surface area contributed by atoms with Crippen LogP contribution in [0.4, 0.5) is 4.39 Å². The third-order valence-electron chi connectivity index (χ3n) is 3.25. The van der Waals surface area contributed by atoms with Crippen LogP contribution in [0.2, 0.25) is 0 Å². The molecule has 3 nitrogen and oxygen atoms in total. The number of aromatic amines is 1. The van der Waals surface area contributed by atoms with Gasteiger partial charge in [-0.2, -0.15) is 0 Å². The van der Waals surface area contributed by atoms with Gasteiger partial charge in [0.2, 0.25) is 0 Å². The lowest BCUT2D eigenvalue weighted by Crippen LogP contribution is -1.98. The Labute approximate surface area is 162 Å². The molecule has 0 aliphatic carbocycles. The highest BCUT2D eigenvalue weighted by Gasteiger charge is 2.12. The van der Waals surface area contributed by atoms with Crippen LogP contribution in [0.3, 0.4) is 0 Å². The number of aromatic nitrogens is 1. The van der Waals surface area contributed by atoms with E-state index in [1.54, 1.807) is 18.4 Å². The third kappa shape index (κ3) is 3.72. The second-order valence-corrected chi connectivity index (χ2v) is 6.20. The van der Waals surface area contributed by atoms with E-state index in [4.69, 9.17) is 10.1 Å². The van der Waals surface area contributed by atoms with E-state index in [-0.39, 0.29) is 34.6 Å². The van der Waals surface area contributed by atoms with Crippen LogP contribution in [0.5, 0.6) is 11.5 Å². The van der Waals surface area contributed by atoms with Gasteiger partial charge in [0, 0.05) is 22.7 Å². The number of hydrogen-bond acceptors (Lipinski definition) is 3. The van der Waals surface area contributed by atoms with Gasteiger partial charge in [-0.25, -0.2) is 4.39 Å². The summed E-state index contributed by atoms with van der Waals surface area (Å²) in [4.78, 5) is 3.12. The summed E-state index contributed by atoms with van der Waals surface area (Å²) < 4.78 is 20.4. The number of halogens is 3. The van der Waals surface area contributed by atoms with Crippen molar-refractivity contribution in [2.45, 2.75) is 0 Å². The lowest BCUT2D eigenvalue weighted by atomic mass is 10.2. The van der Waals surface area contributed by atoms with Crippen molar-refractivity contribution in [1.82, 2.24) is 4.98 Å². The molecule has 0 aliphatic heterocycles. The molecule has 0 atom stereocenters. The summed E-state index contributed by atoms with van der Waals surface area (Å²) in [5.74, 6) is 0.706. The first kappa shape index (κ1) is 18.3. The van der Waals surface area contributed by atoms with Crippen LogP contribution in [0, 0.1) is 11.2 Å². The van der Waals surface area contributed by atoms with Gasteiger partial charge < -0.3 is 9.72 Å². The topological polar surface area (TPSA) is 48.9 Å². The first-order valence-electron chi connectivity index (χ1n) is 6.46. The van der Waals surface area contributed by atoms with Crippen molar-refractivity contribution in [3.8, 4) is 11.5 Å². The Bertz CT molecular complexity index is 868. The van der Waals surface area contributed by atoms with E-state index in [9.17, 15) is 4.39 Å². The molecule has 0 saturated heterocycles. The molecule has 0 fully saturated rings. The Kier molecular flexibility index (Phi) is 6.10. The van der Waals surface area contributed by atoms with Crippen LogP contribution in [0.25, 0.3) is 10.9 Å². The van der Waals surface area contributed by atoms with Gasteiger partial charge >= 0.3 is 0 Å². The quantitative estimate of drug-likeness (QED) is 0.253. The monoisotopic (exact) mass is 506 g/mol. The van der Waals surface area contributed by atoms with Gasteiger partial charge in [0.15, 0.2) is 0 Å². The Balaban J connectivity index is 0.00000192. The maximum Gasteiger partial charge on any atom is 0.142 e. The zero-order valence-electron chi connectivity index (χ0n) is 12.0. The number of ether oxygens (including phenoxy) is 1. The van der Waals surface area contributed by atoms with Crippen molar-refractivity contribution in [1.29, 1.82) is 5.41 Å². The number of fused-ring (bicyclic) bond motifs is 1. The van der Waals surface area contributed by atoms with Crippen molar-refractivity contribution in [3.63, 3.8) is 0 Å². The van der Waals surface area contributed by atoms with E-state index in [1.165, 1.54) is 17.8 Å². The Morgan fingerprint density at radius 1 is 1.26 bits per heavy atom. The second kappa shape index (κ2) is 7.67. The predicted octanol–water partition coefficient (Wildman–Crippen LogP) is 6.17. The molecule has 7 heteroatoms. The molecule has 0 saturated carbocycles. The number of H-pyrrole nitrogens is 1. The summed E-state index contributed by atoms with van der Waals surface area (Å²) >= 11 is 4.72. The highest BCUT2D eigenvalue weighted by atomic mass is 127. The zero-order chi connectivity index (χ0) is 15.7. The van der Waals surface area contributed by atoms with E-state index in [0.29, 0.717) is 11.5 Å². The lowest BCUT2D eigenvalue weighted by Gasteiger charge is -2.10. The highest BCUT2D eigenvalue weighted by molar-refractivity contribution is 14.0. The summed E-state index contributed by atoms with van der Waals surface area (Å²) in [7, 11) is 0. The molecule has 3 rings (SSSR count). The van der Waals surface area contributed by atoms with Crippen LogP contribution < -0.4 is 4.74 Å². The molecular weight excluding hydrogens is 494 g/mol. The smallest absolute Gasteiger partial charge is 0.142 e. The normalized spacial score (nSPS) is 10.4. The minimum atomic E-state index is -0.424. The van der Waals surface area contributed by atoms with Gasteiger partial charge in [0.05, 0.1) is 9.52 Å². The van der Waals surface area contributed by atoms with Crippen LogP contribution in [0.15, 0.2) is 47.1 Å². The lowest BCUT2D eigenvalue weighted by molar-refractivity contribution is 0.478. The fraction of sp³-hybridized carbons (Fsp3) is 0.0625. The number of hydrogen-bond donors (Lipinski definition) is 2. The minimum absolute atomic E-state index is 0. The molecule has 0 bridgehead atoms. The van der Waals surface area contributed by atoms with E-state index in [1.807, 2.05) is 24.4 Å². The zero-order valence-corrected chi connectivity index (χ0v) is 16.8. The summed E-state index contributed by atoms with van der Waals surface area (Å²) in [5.41, 5.74) is 1.24. The average molecular weight is 507 g/mol. The fourth-order valence-electron chi connectivity index (χ4n) is 2.13. The Morgan fingerprint density at radius 3 is 2.78 bits per heavy atom.